The number of Topliss-reactive ketones (excluding diaryl/α,β-unsaturated/α-hetero) is 1. The van der Waals surface area contributed by atoms with Gasteiger partial charge in [-0.15, -0.1) is 0 Å². The summed E-state index contributed by atoms with van der Waals surface area (Å²) in [5.74, 6) is 0.350. The molecule has 148 valence electrons. The number of rotatable bonds is 15. The van der Waals surface area contributed by atoms with Crippen molar-refractivity contribution >= 4 is 5.78 Å². The van der Waals surface area contributed by atoms with Gasteiger partial charge in [0.25, 0.3) is 0 Å². The second-order valence-electron chi connectivity index (χ2n) is 7.19. The molecule has 4 atom stereocenters. The predicted octanol–water partition coefficient (Wildman–Crippen LogP) is 1.55. The summed E-state index contributed by atoms with van der Waals surface area (Å²) in [7, 11) is 1.66. The van der Waals surface area contributed by atoms with E-state index in [1.807, 2.05) is 0 Å². The highest BCUT2D eigenvalue weighted by molar-refractivity contribution is 5.78. The van der Waals surface area contributed by atoms with Crippen LogP contribution in [0, 0.1) is 0 Å². The topological polar surface area (TPSA) is 99.0 Å². The van der Waals surface area contributed by atoms with Gasteiger partial charge in [-0.3, -0.25) is 4.79 Å². The van der Waals surface area contributed by atoms with Crippen molar-refractivity contribution in [3.63, 3.8) is 0 Å². The number of nitrogens with one attached hydrogen (secondary N) is 1. The Bertz CT molecular complexity index is 353. The first-order valence-electron chi connectivity index (χ1n) is 9.83. The quantitative estimate of drug-likeness (QED) is 0.331. The maximum Gasteiger partial charge on any atom is 0.132 e. The number of aliphatic hydroxyl groups excluding tert-OH is 3. The van der Waals surface area contributed by atoms with E-state index in [2.05, 4.69) is 5.32 Å². The zero-order chi connectivity index (χ0) is 18.5. The van der Waals surface area contributed by atoms with Crippen LogP contribution in [-0.4, -0.2) is 65.7 Å². The molecule has 4 N–H and O–H groups in total. The molecule has 25 heavy (non-hydrogen) atoms. The number of carbonyl (C=O) groups is 1. The number of hydrogen-bond acceptors (Lipinski definition) is 6. The second-order valence-corrected chi connectivity index (χ2v) is 7.19. The standard InChI is InChI=1S/C19H37NO5/c1-25-13-9-11-15(22)10-7-5-3-2-4-6-8-12-16-18(23)19(24)17(14-21)20-16/h16-21,23-24H,2-14H2,1H3/t16-,17-,18-,19+/m1/s1. The third-order valence-corrected chi connectivity index (χ3v) is 5.07. The Morgan fingerprint density at radius 3 is 2.04 bits per heavy atom. The van der Waals surface area contributed by atoms with Gasteiger partial charge >= 0.3 is 0 Å². The molecule has 0 aromatic rings. The summed E-state index contributed by atoms with van der Waals surface area (Å²) in [6.07, 6.45) is 9.08. The molecule has 0 aromatic carbocycles. The number of aliphatic hydroxyl groups is 3. The molecule has 1 aliphatic rings. The largest absolute Gasteiger partial charge is 0.395 e. The number of ketones is 1. The van der Waals surface area contributed by atoms with E-state index >= 15 is 0 Å². The number of unbranched alkanes of at least 4 members (excludes halogenated alkanes) is 6. The fraction of sp³-hybridized carbons (Fsp3) is 0.947. The number of ether oxygens (including phenoxy) is 1. The van der Waals surface area contributed by atoms with Gasteiger partial charge in [-0.25, -0.2) is 0 Å². The first-order valence-corrected chi connectivity index (χ1v) is 9.83. The summed E-state index contributed by atoms with van der Waals surface area (Å²) in [5.41, 5.74) is 0. The summed E-state index contributed by atoms with van der Waals surface area (Å²) in [6.45, 7) is 0.516. The lowest BCUT2D eigenvalue weighted by Crippen LogP contribution is -2.36. The molecule has 0 saturated carbocycles. The van der Waals surface area contributed by atoms with Crippen molar-refractivity contribution in [2.24, 2.45) is 0 Å². The van der Waals surface area contributed by atoms with Crippen LogP contribution in [0.25, 0.3) is 0 Å². The fourth-order valence-corrected chi connectivity index (χ4v) is 3.47. The van der Waals surface area contributed by atoms with Gasteiger partial charge in [0.2, 0.25) is 0 Å². The van der Waals surface area contributed by atoms with Crippen LogP contribution in [0.15, 0.2) is 0 Å². The van der Waals surface area contributed by atoms with Gasteiger partial charge in [0.15, 0.2) is 0 Å². The minimum Gasteiger partial charge on any atom is -0.395 e. The van der Waals surface area contributed by atoms with Crippen LogP contribution in [0.2, 0.25) is 0 Å². The molecule has 1 aliphatic heterocycles. The molecule has 0 bridgehead atoms. The lowest BCUT2D eigenvalue weighted by molar-refractivity contribution is -0.119. The molecule has 0 unspecified atom stereocenters. The summed E-state index contributed by atoms with van der Waals surface area (Å²) in [4.78, 5) is 11.6. The zero-order valence-electron chi connectivity index (χ0n) is 15.7. The molecule has 0 amide bonds. The number of methoxy groups -OCH3 is 1. The van der Waals surface area contributed by atoms with Crippen molar-refractivity contribution in [2.45, 2.75) is 94.9 Å². The van der Waals surface area contributed by atoms with Gasteiger partial charge in [0, 0.05) is 32.6 Å². The Balaban J connectivity index is 1.90. The molecule has 0 radical (unpaired) electrons. The van der Waals surface area contributed by atoms with E-state index in [1.165, 1.54) is 12.8 Å². The van der Waals surface area contributed by atoms with Gasteiger partial charge in [-0.05, 0) is 19.3 Å². The van der Waals surface area contributed by atoms with Gasteiger partial charge in [0.05, 0.1) is 24.9 Å². The number of hydrogen-bond donors (Lipinski definition) is 4. The maximum absolute atomic E-state index is 11.6. The normalized spacial score (nSPS) is 26.2. The molecule has 0 aliphatic carbocycles. The van der Waals surface area contributed by atoms with Gasteiger partial charge in [-0.1, -0.05) is 38.5 Å². The SMILES string of the molecule is COCCCC(=O)CCCCCCCCC[C@H]1N[C@H](CO)[C@H](O)[C@@H]1O. The molecule has 0 aromatic heterocycles. The highest BCUT2D eigenvalue weighted by atomic mass is 16.5. The smallest absolute Gasteiger partial charge is 0.132 e. The Hall–Kier alpha value is -0.530. The monoisotopic (exact) mass is 359 g/mol. The zero-order valence-corrected chi connectivity index (χ0v) is 15.7. The highest BCUT2D eigenvalue weighted by Gasteiger charge is 2.39. The Kier molecular flexibility index (Phi) is 12.3. The third kappa shape index (κ3) is 9.11. The summed E-state index contributed by atoms with van der Waals surface area (Å²) in [5, 5.41) is 31.9. The summed E-state index contributed by atoms with van der Waals surface area (Å²) in [6, 6.07) is -0.520. The molecule has 1 heterocycles. The van der Waals surface area contributed by atoms with Gasteiger partial charge in [-0.2, -0.15) is 0 Å². The molecular formula is C19H37NO5. The van der Waals surface area contributed by atoms with E-state index < -0.39 is 18.2 Å². The van der Waals surface area contributed by atoms with Crippen molar-refractivity contribution in [1.82, 2.24) is 5.32 Å². The van der Waals surface area contributed by atoms with E-state index in [0.717, 1.165) is 44.9 Å². The Morgan fingerprint density at radius 2 is 1.44 bits per heavy atom. The van der Waals surface area contributed by atoms with E-state index in [-0.39, 0.29) is 12.6 Å². The van der Waals surface area contributed by atoms with E-state index in [9.17, 15) is 15.0 Å². The van der Waals surface area contributed by atoms with Crippen LogP contribution >= 0.6 is 0 Å². The molecule has 1 fully saturated rings. The minimum atomic E-state index is -0.868. The highest BCUT2D eigenvalue weighted by Crippen LogP contribution is 2.19. The molecule has 0 spiro atoms. The van der Waals surface area contributed by atoms with Crippen LogP contribution in [-0.2, 0) is 9.53 Å². The van der Waals surface area contributed by atoms with E-state index in [4.69, 9.17) is 9.84 Å². The van der Waals surface area contributed by atoms with E-state index in [1.54, 1.807) is 7.11 Å². The van der Waals surface area contributed by atoms with Crippen molar-refractivity contribution in [3.8, 4) is 0 Å². The van der Waals surface area contributed by atoms with Crippen molar-refractivity contribution < 1.29 is 24.9 Å². The van der Waals surface area contributed by atoms with Gasteiger partial charge < -0.3 is 25.4 Å². The van der Waals surface area contributed by atoms with Crippen molar-refractivity contribution in [1.29, 1.82) is 0 Å². The van der Waals surface area contributed by atoms with Crippen LogP contribution in [0.5, 0.6) is 0 Å². The first kappa shape index (κ1) is 22.5. The van der Waals surface area contributed by atoms with E-state index in [0.29, 0.717) is 25.2 Å². The average molecular weight is 360 g/mol. The first-order chi connectivity index (χ1) is 12.1. The Morgan fingerprint density at radius 1 is 0.880 bits per heavy atom. The van der Waals surface area contributed by atoms with Crippen LogP contribution < -0.4 is 5.32 Å². The maximum atomic E-state index is 11.6. The number of carbonyl (C=O) groups excluding carboxylic acids is 1. The van der Waals surface area contributed by atoms with Gasteiger partial charge in [0.1, 0.15) is 5.78 Å². The molecule has 6 nitrogen and oxygen atoms in total. The predicted molar refractivity (Wildman–Crippen MR) is 97.5 cm³/mol. The molecule has 1 rings (SSSR count). The van der Waals surface area contributed by atoms with Crippen LogP contribution in [0.3, 0.4) is 0 Å². The van der Waals surface area contributed by atoms with Crippen molar-refractivity contribution in [3.05, 3.63) is 0 Å². The minimum absolute atomic E-state index is 0.115. The lowest BCUT2D eigenvalue weighted by atomic mass is 10.0. The molecular weight excluding hydrogens is 322 g/mol. The average Bonchev–Trinajstić information content (AvgIpc) is 2.88. The molecule has 1 saturated heterocycles. The Labute approximate surface area is 152 Å². The second kappa shape index (κ2) is 13.6. The molecule has 6 heteroatoms. The van der Waals surface area contributed by atoms with Crippen molar-refractivity contribution in [2.75, 3.05) is 20.3 Å². The summed E-state index contributed by atoms with van der Waals surface area (Å²) < 4.78 is 4.94. The van der Waals surface area contributed by atoms with Crippen LogP contribution in [0.1, 0.15) is 70.6 Å². The third-order valence-electron chi connectivity index (χ3n) is 5.07. The van der Waals surface area contributed by atoms with Crippen LogP contribution in [0.4, 0.5) is 0 Å². The fourth-order valence-electron chi connectivity index (χ4n) is 3.47. The summed E-state index contributed by atoms with van der Waals surface area (Å²) >= 11 is 0. The lowest BCUT2D eigenvalue weighted by Gasteiger charge is -2.15.